The molecule has 8 heteroatoms. The highest BCUT2D eigenvalue weighted by molar-refractivity contribution is 5.85. The molecule has 1 unspecified atom stereocenters. The Morgan fingerprint density at radius 3 is 2.21 bits per heavy atom. The Bertz CT molecular complexity index is 464. The highest BCUT2D eigenvalue weighted by atomic mass is 35.5. The van der Waals surface area contributed by atoms with Crippen molar-refractivity contribution in [1.82, 2.24) is 15.1 Å². The molecule has 3 aliphatic rings. The molecular formula is C16H26ClF2N3O2. The second kappa shape index (κ2) is 7.95. The van der Waals surface area contributed by atoms with E-state index in [2.05, 4.69) is 5.32 Å². The average molecular weight is 366 g/mol. The molecule has 0 spiro atoms. The number of rotatable bonds is 3. The molecule has 0 bridgehead atoms. The largest absolute Gasteiger partial charge is 0.343 e. The lowest BCUT2D eigenvalue weighted by atomic mass is 9.92. The van der Waals surface area contributed by atoms with Crippen LogP contribution in [0, 0.1) is 5.92 Å². The number of piperidine rings is 1. The zero-order valence-corrected chi connectivity index (χ0v) is 14.6. The number of likely N-dealkylation sites (tertiary alicyclic amines) is 2. The molecule has 0 radical (unpaired) electrons. The third kappa shape index (κ3) is 4.57. The van der Waals surface area contributed by atoms with Gasteiger partial charge < -0.3 is 9.80 Å². The van der Waals surface area contributed by atoms with Gasteiger partial charge in [0.05, 0.1) is 12.6 Å². The number of carbonyl (C=O) groups is 2. The van der Waals surface area contributed by atoms with E-state index in [1.165, 1.54) is 0 Å². The Balaban J connectivity index is 0.00000208. The van der Waals surface area contributed by atoms with E-state index in [9.17, 15) is 18.4 Å². The number of halogens is 3. The molecule has 5 nitrogen and oxygen atoms in total. The zero-order chi connectivity index (χ0) is 16.4. The van der Waals surface area contributed by atoms with E-state index in [1.54, 1.807) is 4.90 Å². The molecule has 3 rings (SSSR count). The molecule has 2 amide bonds. The van der Waals surface area contributed by atoms with Crippen molar-refractivity contribution < 1.29 is 18.4 Å². The summed E-state index contributed by atoms with van der Waals surface area (Å²) in [6.45, 7) is 2.47. The van der Waals surface area contributed by atoms with Crippen molar-refractivity contribution in [3.63, 3.8) is 0 Å². The Kier molecular flexibility index (Phi) is 6.42. The maximum atomic E-state index is 13.2. The highest BCUT2D eigenvalue weighted by Gasteiger charge is 2.43. The number of alkyl halides is 2. The van der Waals surface area contributed by atoms with Gasteiger partial charge in [0.15, 0.2) is 0 Å². The molecule has 24 heavy (non-hydrogen) atoms. The maximum absolute atomic E-state index is 13.2. The van der Waals surface area contributed by atoms with Gasteiger partial charge in [-0.05, 0) is 31.6 Å². The molecule has 1 atom stereocenters. The van der Waals surface area contributed by atoms with Crippen LogP contribution >= 0.6 is 12.4 Å². The molecule has 1 N–H and O–H groups in total. The van der Waals surface area contributed by atoms with E-state index >= 15 is 0 Å². The van der Waals surface area contributed by atoms with Gasteiger partial charge in [0.25, 0.3) is 5.92 Å². The minimum Gasteiger partial charge on any atom is -0.343 e. The Labute approximate surface area is 147 Å². The van der Waals surface area contributed by atoms with E-state index in [4.69, 9.17) is 0 Å². The topological polar surface area (TPSA) is 52.7 Å². The van der Waals surface area contributed by atoms with Crippen LogP contribution in [0.1, 0.15) is 38.5 Å². The quantitative estimate of drug-likeness (QED) is 0.827. The standard InChI is InChI=1S/C16H25F2N3O2.ClH/c17-16(18)10-13(19-11-16)15(23)21-7-3-12(4-8-21)9-14(22)20-5-1-2-6-20;/h12-13,19H,1-11H2;1H. The molecule has 3 heterocycles. The molecule has 0 aromatic rings. The van der Waals surface area contributed by atoms with Gasteiger partial charge in [-0.15, -0.1) is 12.4 Å². The summed E-state index contributed by atoms with van der Waals surface area (Å²) >= 11 is 0. The fraction of sp³-hybridized carbons (Fsp3) is 0.875. The second-order valence-corrected chi connectivity index (χ2v) is 7.05. The Hall–Kier alpha value is -0.950. The minimum atomic E-state index is -2.78. The number of nitrogens with one attached hydrogen (secondary N) is 1. The molecule has 0 aromatic heterocycles. The fourth-order valence-electron chi connectivity index (χ4n) is 3.81. The average Bonchev–Trinajstić information content (AvgIpc) is 3.17. The first-order valence-electron chi connectivity index (χ1n) is 8.62. The first-order chi connectivity index (χ1) is 10.9. The van der Waals surface area contributed by atoms with E-state index < -0.39 is 24.9 Å². The van der Waals surface area contributed by atoms with Crippen LogP contribution in [-0.4, -0.2) is 66.3 Å². The van der Waals surface area contributed by atoms with Gasteiger partial charge in [0.1, 0.15) is 0 Å². The summed E-state index contributed by atoms with van der Waals surface area (Å²) in [6.07, 6.45) is 3.92. The van der Waals surface area contributed by atoms with Gasteiger partial charge in [0, 0.05) is 39.0 Å². The predicted octanol–water partition coefficient (Wildman–Crippen LogP) is 1.66. The van der Waals surface area contributed by atoms with Crippen molar-refractivity contribution in [2.45, 2.75) is 50.5 Å². The van der Waals surface area contributed by atoms with Crippen molar-refractivity contribution in [3.05, 3.63) is 0 Å². The summed E-state index contributed by atoms with van der Waals surface area (Å²) in [7, 11) is 0. The van der Waals surface area contributed by atoms with Crippen molar-refractivity contribution >= 4 is 24.2 Å². The van der Waals surface area contributed by atoms with Gasteiger partial charge in [-0.3, -0.25) is 14.9 Å². The summed E-state index contributed by atoms with van der Waals surface area (Å²) in [5, 5.41) is 2.62. The summed E-state index contributed by atoms with van der Waals surface area (Å²) in [4.78, 5) is 28.1. The third-order valence-corrected chi connectivity index (χ3v) is 5.26. The van der Waals surface area contributed by atoms with Crippen molar-refractivity contribution in [2.75, 3.05) is 32.7 Å². The maximum Gasteiger partial charge on any atom is 0.262 e. The predicted molar refractivity (Wildman–Crippen MR) is 88.3 cm³/mol. The van der Waals surface area contributed by atoms with Gasteiger partial charge >= 0.3 is 0 Å². The lowest BCUT2D eigenvalue weighted by molar-refractivity contribution is -0.135. The van der Waals surface area contributed by atoms with E-state index in [0.717, 1.165) is 38.8 Å². The summed E-state index contributed by atoms with van der Waals surface area (Å²) in [6, 6.07) is -0.757. The van der Waals surface area contributed by atoms with Crippen LogP contribution in [0.5, 0.6) is 0 Å². The normalized spacial score (nSPS) is 27.2. The zero-order valence-electron chi connectivity index (χ0n) is 13.8. The van der Waals surface area contributed by atoms with Crippen molar-refractivity contribution in [1.29, 1.82) is 0 Å². The Morgan fingerprint density at radius 1 is 1.04 bits per heavy atom. The van der Waals surface area contributed by atoms with Crippen LogP contribution in [0.25, 0.3) is 0 Å². The van der Waals surface area contributed by atoms with Crippen LogP contribution in [0.15, 0.2) is 0 Å². The highest BCUT2D eigenvalue weighted by Crippen LogP contribution is 2.28. The summed E-state index contributed by atoms with van der Waals surface area (Å²) in [5.74, 6) is -2.46. The fourth-order valence-corrected chi connectivity index (χ4v) is 3.81. The van der Waals surface area contributed by atoms with Gasteiger partial charge in [-0.1, -0.05) is 0 Å². The molecule has 0 aromatic carbocycles. The third-order valence-electron chi connectivity index (χ3n) is 5.26. The SMILES string of the molecule is Cl.O=C(CC1CCN(C(=O)C2CC(F)(F)CN2)CC1)N1CCCC1. The van der Waals surface area contributed by atoms with Crippen LogP contribution in [-0.2, 0) is 9.59 Å². The number of hydrogen-bond donors (Lipinski definition) is 1. The lowest BCUT2D eigenvalue weighted by Gasteiger charge is -2.33. The van der Waals surface area contributed by atoms with Crippen LogP contribution in [0.3, 0.4) is 0 Å². The second-order valence-electron chi connectivity index (χ2n) is 7.05. The lowest BCUT2D eigenvalue weighted by Crippen LogP contribution is -2.47. The molecule has 0 saturated carbocycles. The van der Waals surface area contributed by atoms with Crippen LogP contribution in [0.2, 0.25) is 0 Å². The smallest absolute Gasteiger partial charge is 0.262 e. The molecule has 138 valence electrons. The summed E-state index contributed by atoms with van der Waals surface area (Å²) < 4.78 is 26.4. The number of amides is 2. The van der Waals surface area contributed by atoms with Gasteiger partial charge in [-0.25, -0.2) is 8.78 Å². The molecule has 3 fully saturated rings. The molecule has 3 aliphatic heterocycles. The summed E-state index contributed by atoms with van der Waals surface area (Å²) in [5.41, 5.74) is 0. The van der Waals surface area contributed by atoms with Crippen molar-refractivity contribution in [2.24, 2.45) is 5.92 Å². The monoisotopic (exact) mass is 365 g/mol. The first-order valence-corrected chi connectivity index (χ1v) is 8.62. The van der Waals surface area contributed by atoms with E-state index in [-0.39, 0.29) is 24.2 Å². The molecule has 0 aliphatic carbocycles. The van der Waals surface area contributed by atoms with Crippen LogP contribution < -0.4 is 5.32 Å². The van der Waals surface area contributed by atoms with E-state index in [0.29, 0.717) is 25.4 Å². The van der Waals surface area contributed by atoms with Gasteiger partial charge in [-0.2, -0.15) is 0 Å². The Morgan fingerprint density at radius 2 is 1.67 bits per heavy atom. The number of carbonyl (C=O) groups excluding carboxylic acids is 2. The van der Waals surface area contributed by atoms with Gasteiger partial charge in [0.2, 0.25) is 11.8 Å². The number of nitrogens with zero attached hydrogens (tertiary/aromatic N) is 2. The first kappa shape index (κ1) is 19.4. The van der Waals surface area contributed by atoms with Crippen molar-refractivity contribution in [3.8, 4) is 0 Å². The molecular weight excluding hydrogens is 340 g/mol. The van der Waals surface area contributed by atoms with E-state index in [1.807, 2.05) is 4.90 Å². The molecule has 3 saturated heterocycles. The number of hydrogen-bond acceptors (Lipinski definition) is 3. The minimum absolute atomic E-state index is 0. The van der Waals surface area contributed by atoms with Crippen LogP contribution in [0.4, 0.5) is 8.78 Å².